The van der Waals surface area contributed by atoms with Crippen molar-refractivity contribution in [3.8, 4) is 5.69 Å². The van der Waals surface area contributed by atoms with E-state index < -0.39 is 11.9 Å². The number of hydrogen-bond donors (Lipinski definition) is 2. The standard InChI is InChI=1S/C17H19F3N4O.ClH/c18-17(19,20)15-7-9-24(23-15)14-5-3-12(4-6-14)10-22-16(25)13-2-1-8-21-11-13;/h3-7,9,13,21H,1-2,8,10-11H2,(H,22,25);1H. The lowest BCUT2D eigenvalue weighted by molar-refractivity contribution is -0.141. The topological polar surface area (TPSA) is 59.0 Å². The predicted octanol–water partition coefficient (Wildman–Crippen LogP) is 2.93. The molecule has 1 fully saturated rings. The van der Waals surface area contributed by atoms with E-state index in [0.717, 1.165) is 31.0 Å². The summed E-state index contributed by atoms with van der Waals surface area (Å²) in [6.07, 6.45) is -1.30. The Morgan fingerprint density at radius 1 is 1.27 bits per heavy atom. The van der Waals surface area contributed by atoms with Gasteiger partial charge in [0.05, 0.1) is 11.6 Å². The fourth-order valence-electron chi connectivity index (χ4n) is 2.79. The summed E-state index contributed by atoms with van der Waals surface area (Å²) in [6, 6.07) is 7.83. The molecule has 1 saturated heterocycles. The van der Waals surface area contributed by atoms with E-state index in [-0.39, 0.29) is 24.2 Å². The summed E-state index contributed by atoms with van der Waals surface area (Å²) in [6.45, 7) is 2.04. The fourth-order valence-corrected chi connectivity index (χ4v) is 2.79. The second kappa shape index (κ2) is 8.55. The first-order valence-corrected chi connectivity index (χ1v) is 8.14. The van der Waals surface area contributed by atoms with Gasteiger partial charge in [0.15, 0.2) is 5.69 Å². The van der Waals surface area contributed by atoms with Gasteiger partial charge in [-0.3, -0.25) is 4.79 Å². The molecule has 5 nitrogen and oxygen atoms in total. The molecule has 142 valence electrons. The van der Waals surface area contributed by atoms with E-state index in [9.17, 15) is 18.0 Å². The third-order valence-electron chi connectivity index (χ3n) is 4.21. The first-order chi connectivity index (χ1) is 11.9. The smallest absolute Gasteiger partial charge is 0.352 e. The molecule has 0 aliphatic carbocycles. The van der Waals surface area contributed by atoms with Crippen LogP contribution in [0.25, 0.3) is 5.69 Å². The minimum Gasteiger partial charge on any atom is -0.352 e. The average Bonchev–Trinajstić information content (AvgIpc) is 3.11. The molecule has 1 unspecified atom stereocenters. The summed E-state index contributed by atoms with van der Waals surface area (Å²) >= 11 is 0. The third-order valence-corrected chi connectivity index (χ3v) is 4.21. The lowest BCUT2D eigenvalue weighted by Gasteiger charge is -2.21. The zero-order valence-electron chi connectivity index (χ0n) is 13.9. The molecule has 0 bridgehead atoms. The Balaban J connectivity index is 0.00000243. The van der Waals surface area contributed by atoms with Crippen LogP contribution in [0.3, 0.4) is 0 Å². The molecule has 3 rings (SSSR count). The van der Waals surface area contributed by atoms with E-state index >= 15 is 0 Å². The molecule has 2 heterocycles. The molecule has 1 aromatic heterocycles. The Morgan fingerprint density at radius 3 is 2.58 bits per heavy atom. The lowest BCUT2D eigenvalue weighted by atomic mass is 9.99. The van der Waals surface area contributed by atoms with Crippen molar-refractivity contribution in [3.05, 3.63) is 47.8 Å². The summed E-state index contributed by atoms with van der Waals surface area (Å²) < 4.78 is 38.9. The van der Waals surface area contributed by atoms with Crippen molar-refractivity contribution in [2.45, 2.75) is 25.6 Å². The summed E-state index contributed by atoms with van der Waals surface area (Å²) in [4.78, 5) is 12.1. The quantitative estimate of drug-likeness (QED) is 0.846. The lowest BCUT2D eigenvalue weighted by Crippen LogP contribution is -2.40. The first-order valence-electron chi connectivity index (χ1n) is 8.14. The van der Waals surface area contributed by atoms with Crippen LogP contribution in [0.5, 0.6) is 0 Å². The van der Waals surface area contributed by atoms with Crippen LogP contribution in [-0.2, 0) is 17.5 Å². The second-order valence-corrected chi connectivity index (χ2v) is 6.07. The molecule has 1 aliphatic heterocycles. The largest absolute Gasteiger partial charge is 0.435 e. The molecule has 1 aromatic carbocycles. The first kappa shape index (κ1) is 20.3. The third kappa shape index (κ3) is 4.98. The number of halogens is 4. The van der Waals surface area contributed by atoms with Gasteiger partial charge in [0.2, 0.25) is 5.91 Å². The number of amides is 1. The minimum absolute atomic E-state index is 0. The van der Waals surface area contributed by atoms with Crippen LogP contribution < -0.4 is 10.6 Å². The molecular weight excluding hydrogens is 369 g/mol. The number of carbonyl (C=O) groups is 1. The van der Waals surface area contributed by atoms with Crippen LogP contribution in [0.2, 0.25) is 0 Å². The van der Waals surface area contributed by atoms with E-state index in [1.165, 1.54) is 10.9 Å². The van der Waals surface area contributed by atoms with E-state index in [0.29, 0.717) is 18.8 Å². The van der Waals surface area contributed by atoms with Gasteiger partial charge in [0.1, 0.15) is 0 Å². The van der Waals surface area contributed by atoms with Crippen LogP contribution in [0.1, 0.15) is 24.1 Å². The maximum atomic E-state index is 12.6. The summed E-state index contributed by atoms with van der Waals surface area (Å²) in [7, 11) is 0. The van der Waals surface area contributed by atoms with Crippen molar-refractivity contribution < 1.29 is 18.0 Å². The SMILES string of the molecule is Cl.O=C(NCc1ccc(-n2ccc(C(F)(F)F)n2)cc1)C1CCCNC1. The molecule has 9 heteroatoms. The van der Waals surface area contributed by atoms with Gasteiger partial charge in [-0.05, 0) is 43.1 Å². The van der Waals surface area contributed by atoms with Gasteiger partial charge in [-0.25, -0.2) is 4.68 Å². The minimum atomic E-state index is -4.45. The van der Waals surface area contributed by atoms with E-state index in [1.54, 1.807) is 24.3 Å². The molecular formula is C17H20ClF3N4O. The van der Waals surface area contributed by atoms with Crippen LogP contribution in [0.4, 0.5) is 13.2 Å². The van der Waals surface area contributed by atoms with Gasteiger partial charge in [-0.2, -0.15) is 18.3 Å². The number of nitrogens with zero attached hydrogens (tertiary/aromatic N) is 2. The number of rotatable bonds is 4. The Bertz CT molecular complexity index is 724. The van der Waals surface area contributed by atoms with Gasteiger partial charge in [-0.15, -0.1) is 12.4 Å². The van der Waals surface area contributed by atoms with Gasteiger partial charge < -0.3 is 10.6 Å². The monoisotopic (exact) mass is 388 g/mol. The van der Waals surface area contributed by atoms with E-state index in [1.807, 2.05) is 0 Å². The van der Waals surface area contributed by atoms with Gasteiger partial charge >= 0.3 is 6.18 Å². The van der Waals surface area contributed by atoms with Crippen molar-refractivity contribution in [1.82, 2.24) is 20.4 Å². The average molecular weight is 389 g/mol. The highest BCUT2D eigenvalue weighted by Gasteiger charge is 2.33. The van der Waals surface area contributed by atoms with Crippen LogP contribution in [0.15, 0.2) is 36.5 Å². The second-order valence-electron chi connectivity index (χ2n) is 6.07. The Kier molecular flexibility index (Phi) is 6.66. The van der Waals surface area contributed by atoms with Crippen molar-refractivity contribution in [2.75, 3.05) is 13.1 Å². The van der Waals surface area contributed by atoms with E-state index in [4.69, 9.17) is 0 Å². The maximum Gasteiger partial charge on any atom is 0.435 e. The van der Waals surface area contributed by atoms with Crippen LogP contribution in [-0.4, -0.2) is 28.8 Å². The molecule has 2 aromatic rings. The number of nitrogens with one attached hydrogen (secondary N) is 2. The van der Waals surface area contributed by atoms with Crippen molar-refractivity contribution in [2.24, 2.45) is 5.92 Å². The molecule has 0 radical (unpaired) electrons. The normalized spacial score (nSPS) is 17.4. The molecule has 1 amide bonds. The number of alkyl halides is 3. The number of benzene rings is 1. The number of carbonyl (C=O) groups excluding carboxylic acids is 1. The Hall–Kier alpha value is -2.06. The van der Waals surface area contributed by atoms with Crippen LogP contribution in [0, 0.1) is 5.92 Å². The number of hydrogen-bond acceptors (Lipinski definition) is 3. The van der Waals surface area contributed by atoms with Gasteiger partial charge in [-0.1, -0.05) is 12.1 Å². The zero-order chi connectivity index (χ0) is 17.9. The molecule has 2 N–H and O–H groups in total. The van der Waals surface area contributed by atoms with Crippen molar-refractivity contribution in [3.63, 3.8) is 0 Å². The maximum absolute atomic E-state index is 12.6. The Morgan fingerprint density at radius 2 is 2.00 bits per heavy atom. The predicted molar refractivity (Wildman–Crippen MR) is 93.3 cm³/mol. The highest BCUT2D eigenvalue weighted by molar-refractivity contribution is 5.85. The van der Waals surface area contributed by atoms with Crippen molar-refractivity contribution >= 4 is 18.3 Å². The van der Waals surface area contributed by atoms with Crippen molar-refractivity contribution in [1.29, 1.82) is 0 Å². The fraction of sp³-hybridized carbons (Fsp3) is 0.412. The highest BCUT2D eigenvalue weighted by atomic mass is 35.5. The summed E-state index contributed by atoms with van der Waals surface area (Å²) in [5.74, 6) is 0.0241. The van der Waals surface area contributed by atoms with Crippen LogP contribution >= 0.6 is 12.4 Å². The molecule has 1 aliphatic rings. The molecule has 1 atom stereocenters. The number of aromatic nitrogens is 2. The van der Waals surface area contributed by atoms with Gasteiger partial charge in [0, 0.05) is 19.3 Å². The zero-order valence-corrected chi connectivity index (χ0v) is 14.7. The summed E-state index contributed by atoms with van der Waals surface area (Å²) in [5.41, 5.74) is 0.482. The van der Waals surface area contributed by atoms with E-state index in [2.05, 4.69) is 15.7 Å². The summed E-state index contributed by atoms with van der Waals surface area (Å²) in [5, 5.41) is 9.64. The Labute approximate surface area is 155 Å². The van der Waals surface area contributed by atoms with Gasteiger partial charge in [0.25, 0.3) is 0 Å². The highest BCUT2D eigenvalue weighted by Crippen LogP contribution is 2.27. The molecule has 0 spiro atoms. The molecule has 0 saturated carbocycles. The molecule has 26 heavy (non-hydrogen) atoms. The number of piperidine rings is 1.